The summed E-state index contributed by atoms with van der Waals surface area (Å²) < 4.78 is 0. The van der Waals surface area contributed by atoms with Crippen molar-refractivity contribution in [2.24, 2.45) is 16.6 Å². The fraction of sp³-hybridized carbons (Fsp3) is 0.625. The van der Waals surface area contributed by atoms with Gasteiger partial charge in [-0.1, -0.05) is 6.92 Å². The molecule has 0 aromatic carbocycles. The summed E-state index contributed by atoms with van der Waals surface area (Å²) in [5.41, 5.74) is 5.33. The Morgan fingerprint density at radius 2 is 2.27 bits per heavy atom. The molecule has 1 aromatic heterocycles. The second-order valence-corrected chi connectivity index (χ2v) is 7.00. The Balaban J connectivity index is 1.89. The van der Waals surface area contributed by atoms with Crippen LogP contribution in [-0.2, 0) is 17.8 Å². The van der Waals surface area contributed by atoms with Gasteiger partial charge in [-0.3, -0.25) is 9.79 Å². The van der Waals surface area contributed by atoms with Gasteiger partial charge in [0, 0.05) is 36.3 Å². The minimum Gasteiger partial charge on any atom is -0.370 e. The molecule has 0 spiro atoms. The van der Waals surface area contributed by atoms with Gasteiger partial charge in [-0.25, -0.2) is 0 Å². The van der Waals surface area contributed by atoms with Crippen molar-refractivity contribution in [2.75, 3.05) is 20.1 Å². The smallest absolute Gasteiger partial charge is 0.217 e. The summed E-state index contributed by atoms with van der Waals surface area (Å²) in [6, 6.07) is 4.37. The van der Waals surface area contributed by atoms with E-state index in [1.54, 1.807) is 0 Å². The average Bonchev–Trinajstić information content (AvgIpc) is 2.96. The SMILES string of the molecule is CCc1ccc(CNC(=NC)N2CCCC(CC(N)=O)C2)s1. The number of nitrogens with one attached hydrogen (secondary N) is 1. The van der Waals surface area contributed by atoms with Crippen LogP contribution in [0.15, 0.2) is 17.1 Å². The molecule has 0 saturated carbocycles. The maximum absolute atomic E-state index is 11.1. The number of nitrogens with two attached hydrogens (primary N) is 1. The molecule has 1 aliphatic rings. The monoisotopic (exact) mass is 322 g/mol. The first kappa shape index (κ1) is 16.8. The van der Waals surface area contributed by atoms with Gasteiger partial charge in [0.1, 0.15) is 0 Å². The number of rotatable bonds is 5. The minimum atomic E-state index is -0.208. The standard InChI is InChI=1S/C16H26N4OS/c1-3-13-6-7-14(22-13)10-19-16(18-2)20-8-4-5-12(11-20)9-15(17)21/h6-7,12H,3-5,8-11H2,1-2H3,(H2,17,21)(H,18,19). The van der Waals surface area contributed by atoms with E-state index in [1.807, 2.05) is 18.4 Å². The molecular formula is C16H26N4OS. The van der Waals surface area contributed by atoms with Crippen LogP contribution < -0.4 is 11.1 Å². The lowest BCUT2D eigenvalue weighted by Crippen LogP contribution is -2.46. The van der Waals surface area contributed by atoms with Gasteiger partial charge in [0.2, 0.25) is 5.91 Å². The minimum absolute atomic E-state index is 0.208. The molecule has 22 heavy (non-hydrogen) atoms. The average molecular weight is 322 g/mol. The van der Waals surface area contributed by atoms with Crippen LogP contribution in [0.1, 0.15) is 35.9 Å². The highest BCUT2D eigenvalue weighted by molar-refractivity contribution is 7.11. The van der Waals surface area contributed by atoms with Crippen molar-refractivity contribution in [3.8, 4) is 0 Å². The number of likely N-dealkylation sites (tertiary alicyclic amines) is 1. The lowest BCUT2D eigenvalue weighted by atomic mass is 9.95. The first-order valence-electron chi connectivity index (χ1n) is 7.93. The van der Waals surface area contributed by atoms with E-state index in [0.29, 0.717) is 12.3 Å². The van der Waals surface area contributed by atoms with E-state index in [4.69, 9.17) is 5.73 Å². The molecular weight excluding hydrogens is 296 g/mol. The normalized spacial score (nSPS) is 19.3. The maximum Gasteiger partial charge on any atom is 0.217 e. The summed E-state index contributed by atoms with van der Waals surface area (Å²) >= 11 is 1.84. The summed E-state index contributed by atoms with van der Waals surface area (Å²) in [5.74, 6) is 1.05. The molecule has 0 aliphatic carbocycles. The summed E-state index contributed by atoms with van der Waals surface area (Å²) in [6.07, 6.45) is 3.71. The predicted octanol–water partition coefficient (Wildman–Crippen LogP) is 1.97. The molecule has 5 nitrogen and oxygen atoms in total. The van der Waals surface area contributed by atoms with Gasteiger partial charge in [0.05, 0.1) is 6.54 Å². The number of amides is 1. The van der Waals surface area contributed by atoms with Gasteiger partial charge in [0.15, 0.2) is 5.96 Å². The highest BCUT2D eigenvalue weighted by atomic mass is 32.1. The van der Waals surface area contributed by atoms with Crippen LogP contribution in [0.3, 0.4) is 0 Å². The van der Waals surface area contributed by atoms with Gasteiger partial charge >= 0.3 is 0 Å². The molecule has 2 heterocycles. The van der Waals surface area contributed by atoms with Crippen molar-refractivity contribution < 1.29 is 4.79 Å². The largest absolute Gasteiger partial charge is 0.370 e. The van der Waals surface area contributed by atoms with Crippen molar-refractivity contribution in [1.82, 2.24) is 10.2 Å². The number of nitrogens with zero attached hydrogens (tertiary/aromatic N) is 2. The predicted molar refractivity (Wildman–Crippen MR) is 92.0 cm³/mol. The van der Waals surface area contributed by atoms with E-state index in [1.165, 1.54) is 9.75 Å². The Labute approximate surface area is 136 Å². The van der Waals surface area contributed by atoms with Crippen LogP contribution in [-0.4, -0.2) is 36.9 Å². The lowest BCUT2D eigenvalue weighted by Gasteiger charge is -2.34. The van der Waals surface area contributed by atoms with E-state index < -0.39 is 0 Å². The summed E-state index contributed by atoms with van der Waals surface area (Å²) in [7, 11) is 1.81. The molecule has 1 amide bonds. The summed E-state index contributed by atoms with van der Waals surface area (Å²) in [6.45, 7) is 4.82. The molecule has 1 aromatic rings. The number of guanidine groups is 1. The third kappa shape index (κ3) is 4.73. The summed E-state index contributed by atoms with van der Waals surface area (Å²) in [4.78, 5) is 20.5. The van der Waals surface area contributed by atoms with Crippen LogP contribution >= 0.6 is 11.3 Å². The molecule has 1 saturated heterocycles. The molecule has 122 valence electrons. The molecule has 0 bridgehead atoms. The number of carbonyl (C=O) groups excluding carboxylic acids is 1. The van der Waals surface area contributed by atoms with Gasteiger partial charge in [-0.15, -0.1) is 11.3 Å². The molecule has 2 rings (SSSR count). The van der Waals surface area contributed by atoms with Gasteiger partial charge in [0.25, 0.3) is 0 Å². The fourth-order valence-corrected chi connectivity index (χ4v) is 3.81. The number of aryl methyl sites for hydroxylation is 1. The Bertz CT molecular complexity index is 526. The first-order valence-corrected chi connectivity index (χ1v) is 8.75. The topological polar surface area (TPSA) is 70.7 Å². The third-order valence-corrected chi connectivity index (χ3v) is 5.24. The van der Waals surface area contributed by atoms with E-state index in [2.05, 4.69) is 34.3 Å². The Hall–Kier alpha value is -1.56. The Morgan fingerprint density at radius 1 is 1.50 bits per heavy atom. The summed E-state index contributed by atoms with van der Waals surface area (Å²) in [5, 5.41) is 3.44. The zero-order chi connectivity index (χ0) is 15.9. The van der Waals surface area contributed by atoms with E-state index in [0.717, 1.165) is 44.9 Å². The zero-order valence-corrected chi connectivity index (χ0v) is 14.3. The fourth-order valence-electron chi connectivity index (χ4n) is 2.91. The number of carbonyl (C=O) groups is 1. The maximum atomic E-state index is 11.1. The number of hydrogen-bond donors (Lipinski definition) is 2. The second kappa shape index (κ2) is 8.17. The van der Waals surface area contributed by atoms with Crippen LogP contribution in [0, 0.1) is 5.92 Å². The highest BCUT2D eigenvalue weighted by Gasteiger charge is 2.23. The molecule has 1 aliphatic heterocycles. The van der Waals surface area contributed by atoms with Crippen molar-refractivity contribution in [2.45, 2.75) is 39.2 Å². The number of piperidine rings is 1. The van der Waals surface area contributed by atoms with Gasteiger partial charge in [-0.05, 0) is 37.3 Å². The molecule has 3 N–H and O–H groups in total. The number of aliphatic imine (C=N–C) groups is 1. The van der Waals surface area contributed by atoms with Crippen molar-refractivity contribution in [3.63, 3.8) is 0 Å². The number of thiophene rings is 1. The van der Waals surface area contributed by atoms with Gasteiger partial charge in [-0.2, -0.15) is 0 Å². The number of hydrogen-bond acceptors (Lipinski definition) is 3. The Kier molecular flexibility index (Phi) is 6.24. The van der Waals surface area contributed by atoms with Crippen LogP contribution in [0.5, 0.6) is 0 Å². The van der Waals surface area contributed by atoms with Gasteiger partial charge < -0.3 is 16.0 Å². The quantitative estimate of drug-likeness (QED) is 0.643. The van der Waals surface area contributed by atoms with E-state index >= 15 is 0 Å². The molecule has 1 atom stereocenters. The van der Waals surface area contributed by atoms with Crippen molar-refractivity contribution >= 4 is 23.2 Å². The number of primary amides is 1. The van der Waals surface area contributed by atoms with Crippen LogP contribution in [0.4, 0.5) is 0 Å². The van der Waals surface area contributed by atoms with Crippen LogP contribution in [0.2, 0.25) is 0 Å². The van der Waals surface area contributed by atoms with E-state index in [9.17, 15) is 4.79 Å². The Morgan fingerprint density at radius 3 is 2.91 bits per heavy atom. The first-order chi connectivity index (χ1) is 10.6. The molecule has 6 heteroatoms. The highest BCUT2D eigenvalue weighted by Crippen LogP contribution is 2.20. The van der Waals surface area contributed by atoms with Crippen molar-refractivity contribution in [1.29, 1.82) is 0 Å². The van der Waals surface area contributed by atoms with E-state index in [-0.39, 0.29) is 5.91 Å². The second-order valence-electron chi connectivity index (χ2n) is 5.75. The van der Waals surface area contributed by atoms with Crippen molar-refractivity contribution in [3.05, 3.63) is 21.9 Å². The third-order valence-electron chi connectivity index (χ3n) is 4.01. The van der Waals surface area contributed by atoms with Crippen LogP contribution in [0.25, 0.3) is 0 Å². The lowest BCUT2D eigenvalue weighted by molar-refractivity contribution is -0.119. The molecule has 0 radical (unpaired) electrons. The zero-order valence-electron chi connectivity index (χ0n) is 13.5. The molecule has 1 unspecified atom stereocenters. The molecule has 1 fully saturated rings.